The number of nitro groups is 1. The van der Waals surface area contributed by atoms with Crippen LogP contribution in [0.5, 0.6) is 0 Å². The average molecular weight is 666 g/mol. The van der Waals surface area contributed by atoms with Gasteiger partial charge in [-0.3, -0.25) is 24.6 Å². The number of carbonyl (C=O) groups excluding carboxylic acids is 3. The number of nitrogens with one attached hydrogen (secondary N) is 2. The lowest BCUT2D eigenvalue weighted by Crippen LogP contribution is -2.57. The molecule has 1 saturated heterocycles. The fraction of sp³-hybridized carbons (Fsp3) is 0.342. The predicted molar refractivity (Wildman–Crippen MR) is 186 cm³/mol. The zero-order valence-corrected chi connectivity index (χ0v) is 28.5. The smallest absolute Gasteiger partial charge is 0.336 e. The van der Waals surface area contributed by atoms with Crippen LogP contribution < -0.4 is 10.6 Å². The Morgan fingerprint density at radius 1 is 0.857 bits per heavy atom. The van der Waals surface area contributed by atoms with Crippen molar-refractivity contribution in [1.29, 1.82) is 0 Å². The molecule has 0 saturated carbocycles. The SMILES string of the molecule is COC(=O)C1=C(C)NC(C)=C(C(=O)N[C@H](C(=O)N2CCN(C(c3ccccc3)c3ccccc3)CC2)C(C)C)[C@H]1c1cccc([N+](=O)[O-])c1. The van der Waals surface area contributed by atoms with Crippen LogP contribution in [0.4, 0.5) is 5.69 Å². The summed E-state index contributed by atoms with van der Waals surface area (Å²) in [7, 11) is 1.24. The van der Waals surface area contributed by atoms with Crippen LogP contribution in [-0.2, 0) is 19.1 Å². The number of hydrogen-bond donors (Lipinski definition) is 2. The van der Waals surface area contributed by atoms with Gasteiger partial charge in [-0.1, -0.05) is 86.6 Å². The number of benzene rings is 3. The van der Waals surface area contributed by atoms with E-state index in [0.717, 1.165) is 0 Å². The van der Waals surface area contributed by atoms with E-state index in [1.807, 2.05) is 50.2 Å². The summed E-state index contributed by atoms with van der Waals surface area (Å²) in [5.41, 5.74) is 3.85. The molecular weight excluding hydrogens is 622 g/mol. The van der Waals surface area contributed by atoms with Gasteiger partial charge in [-0.15, -0.1) is 0 Å². The van der Waals surface area contributed by atoms with Crippen LogP contribution in [0, 0.1) is 16.0 Å². The third kappa shape index (κ3) is 7.57. The van der Waals surface area contributed by atoms with Gasteiger partial charge in [0.1, 0.15) is 6.04 Å². The number of carbonyl (C=O) groups is 3. The van der Waals surface area contributed by atoms with E-state index in [2.05, 4.69) is 39.8 Å². The first-order valence-corrected chi connectivity index (χ1v) is 16.5. The maximum Gasteiger partial charge on any atom is 0.336 e. The molecule has 0 aliphatic carbocycles. The summed E-state index contributed by atoms with van der Waals surface area (Å²) in [5.74, 6) is -2.62. The molecule has 1 fully saturated rings. The average Bonchev–Trinajstić information content (AvgIpc) is 3.11. The summed E-state index contributed by atoms with van der Waals surface area (Å²) < 4.78 is 5.08. The predicted octanol–water partition coefficient (Wildman–Crippen LogP) is 5.08. The number of piperazine rings is 1. The van der Waals surface area contributed by atoms with Gasteiger partial charge in [0.2, 0.25) is 5.91 Å². The number of ether oxygens (including phenoxy) is 1. The van der Waals surface area contributed by atoms with Crippen molar-refractivity contribution in [3.05, 3.63) is 134 Å². The first-order valence-electron chi connectivity index (χ1n) is 16.5. The monoisotopic (exact) mass is 665 g/mol. The lowest BCUT2D eigenvalue weighted by Gasteiger charge is -2.41. The second-order valence-electron chi connectivity index (χ2n) is 12.8. The Bertz CT molecular complexity index is 1720. The maximum absolute atomic E-state index is 14.2. The summed E-state index contributed by atoms with van der Waals surface area (Å²) in [6, 6.07) is 25.7. The normalized spacial score (nSPS) is 17.5. The Hall–Kier alpha value is -5.29. The van der Waals surface area contributed by atoms with Crippen molar-refractivity contribution in [2.24, 2.45) is 5.92 Å². The molecule has 256 valence electrons. The molecule has 2 atom stereocenters. The molecule has 5 rings (SSSR count). The molecule has 2 heterocycles. The third-order valence-corrected chi connectivity index (χ3v) is 9.27. The van der Waals surface area contributed by atoms with E-state index < -0.39 is 28.8 Å². The second kappa shape index (κ2) is 15.3. The van der Waals surface area contributed by atoms with Crippen LogP contribution in [0.2, 0.25) is 0 Å². The van der Waals surface area contributed by atoms with Gasteiger partial charge in [0.05, 0.1) is 29.6 Å². The highest BCUT2D eigenvalue weighted by molar-refractivity contribution is 6.03. The van der Waals surface area contributed by atoms with Gasteiger partial charge in [-0.05, 0) is 36.5 Å². The van der Waals surface area contributed by atoms with Crippen molar-refractivity contribution in [2.45, 2.75) is 45.7 Å². The molecule has 0 unspecified atom stereocenters. The Morgan fingerprint density at radius 2 is 1.43 bits per heavy atom. The Labute approximate surface area is 286 Å². The van der Waals surface area contributed by atoms with Crippen molar-refractivity contribution in [3.63, 3.8) is 0 Å². The van der Waals surface area contributed by atoms with Gasteiger partial charge in [0.15, 0.2) is 0 Å². The van der Waals surface area contributed by atoms with E-state index in [9.17, 15) is 24.5 Å². The highest BCUT2D eigenvalue weighted by Gasteiger charge is 2.40. The van der Waals surface area contributed by atoms with Gasteiger partial charge < -0.3 is 20.3 Å². The van der Waals surface area contributed by atoms with E-state index in [1.165, 1.54) is 36.4 Å². The Kier molecular flexibility index (Phi) is 10.9. The van der Waals surface area contributed by atoms with Crippen LogP contribution in [-0.4, -0.2) is 71.8 Å². The number of nitro benzene ring substituents is 1. The highest BCUT2D eigenvalue weighted by atomic mass is 16.6. The van der Waals surface area contributed by atoms with E-state index in [0.29, 0.717) is 43.1 Å². The molecule has 3 aromatic rings. The number of methoxy groups -OCH3 is 1. The topological polar surface area (TPSA) is 134 Å². The van der Waals surface area contributed by atoms with Crippen molar-refractivity contribution >= 4 is 23.5 Å². The summed E-state index contributed by atoms with van der Waals surface area (Å²) in [6.45, 7) is 9.42. The zero-order chi connectivity index (χ0) is 35.2. The van der Waals surface area contributed by atoms with Crippen molar-refractivity contribution < 1.29 is 24.0 Å². The van der Waals surface area contributed by atoms with Gasteiger partial charge in [-0.2, -0.15) is 0 Å². The first kappa shape index (κ1) is 35.0. The number of nitrogens with zero attached hydrogens (tertiary/aromatic N) is 3. The number of amides is 2. The van der Waals surface area contributed by atoms with Crippen molar-refractivity contribution in [1.82, 2.24) is 20.4 Å². The first-order chi connectivity index (χ1) is 23.5. The molecule has 2 N–H and O–H groups in total. The molecule has 2 aliphatic rings. The Balaban J connectivity index is 1.38. The van der Waals surface area contributed by atoms with E-state index in [1.54, 1.807) is 24.8 Å². The fourth-order valence-electron chi connectivity index (χ4n) is 6.84. The second-order valence-corrected chi connectivity index (χ2v) is 12.8. The summed E-state index contributed by atoms with van der Waals surface area (Å²) >= 11 is 0. The van der Waals surface area contributed by atoms with Gasteiger partial charge in [-0.25, -0.2) is 4.79 Å². The van der Waals surface area contributed by atoms with Gasteiger partial charge in [0, 0.05) is 55.3 Å². The van der Waals surface area contributed by atoms with Crippen molar-refractivity contribution in [3.8, 4) is 0 Å². The van der Waals surface area contributed by atoms with E-state index in [4.69, 9.17) is 4.74 Å². The molecule has 2 aliphatic heterocycles. The van der Waals surface area contributed by atoms with Crippen molar-refractivity contribution in [2.75, 3.05) is 33.3 Å². The highest BCUT2D eigenvalue weighted by Crippen LogP contribution is 2.40. The number of esters is 1. The molecule has 0 aromatic heterocycles. The number of rotatable bonds is 10. The molecule has 2 amide bonds. The lowest BCUT2D eigenvalue weighted by molar-refractivity contribution is -0.384. The number of dihydropyridines is 1. The van der Waals surface area contributed by atoms with Gasteiger partial charge >= 0.3 is 5.97 Å². The third-order valence-electron chi connectivity index (χ3n) is 9.27. The minimum Gasteiger partial charge on any atom is -0.466 e. The number of non-ortho nitro benzene ring substituents is 1. The molecule has 11 nitrogen and oxygen atoms in total. The minimum absolute atomic E-state index is 0.0419. The van der Waals surface area contributed by atoms with Crippen LogP contribution in [0.1, 0.15) is 56.3 Å². The molecule has 49 heavy (non-hydrogen) atoms. The number of hydrogen-bond acceptors (Lipinski definition) is 8. The zero-order valence-electron chi connectivity index (χ0n) is 28.5. The lowest BCUT2D eigenvalue weighted by atomic mass is 9.79. The summed E-state index contributed by atoms with van der Waals surface area (Å²) in [5, 5.41) is 17.7. The molecular formula is C38H43N5O6. The van der Waals surface area contributed by atoms with Crippen LogP contribution in [0.3, 0.4) is 0 Å². The van der Waals surface area contributed by atoms with Crippen LogP contribution >= 0.6 is 0 Å². The minimum atomic E-state index is -0.965. The van der Waals surface area contributed by atoms with E-state index in [-0.39, 0.29) is 34.7 Å². The van der Waals surface area contributed by atoms with Gasteiger partial charge in [0.25, 0.3) is 11.6 Å². The standard InChI is InChI=1S/C38H43N5O6/c1-24(2)34(37(45)42-21-19-41(20-22-42)35(27-13-8-6-9-14-27)28-15-10-7-11-16-28)40-36(44)31-25(3)39-26(4)32(38(46)49-5)33(31)29-17-12-18-30(23-29)43(47)48/h6-18,23-24,33-35,39H,19-22H2,1-5H3,(H,40,44)/t33-,34+/m1/s1. The molecule has 3 aromatic carbocycles. The van der Waals surface area contributed by atoms with Crippen LogP contribution in [0.25, 0.3) is 0 Å². The quantitative estimate of drug-likeness (QED) is 0.174. The molecule has 0 radical (unpaired) electrons. The maximum atomic E-state index is 14.2. The summed E-state index contributed by atoms with van der Waals surface area (Å²) in [6.07, 6.45) is 0. The number of allylic oxidation sites excluding steroid dienone is 2. The largest absolute Gasteiger partial charge is 0.466 e. The summed E-state index contributed by atoms with van der Waals surface area (Å²) in [4.78, 5) is 56.7. The molecule has 0 spiro atoms. The fourth-order valence-corrected chi connectivity index (χ4v) is 6.84. The molecule has 0 bridgehead atoms. The molecule has 11 heteroatoms. The Morgan fingerprint density at radius 3 is 1.96 bits per heavy atom. The van der Waals surface area contributed by atoms with Crippen LogP contribution in [0.15, 0.2) is 107 Å². The van der Waals surface area contributed by atoms with E-state index >= 15 is 0 Å².